The summed E-state index contributed by atoms with van der Waals surface area (Å²) < 4.78 is 0. The zero-order valence-electron chi connectivity index (χ0n) is 11.8. The van der Waals surface area contributed by atoms with Gasteiger partial charge in [0.25, 0.3) is 5.91 Å². The second kappa shape index (κ2) is 5.57. The molecule has 1 aliphatic rings. The topological polar surface area (TPSA) is 71.2 Å². The van der Waals surface area contributed by atoms with Crippen molar-refractivity contribution in [1.82, 2.24) is 15.2 Å². The van der Waals surface area contributed by atoms with Gasteiger partial charge in [0, 0.05) is 30.2 Å². The maximum absolute atomic E-state index is 12.2. The SMILES string of the molecule is Cc1cc(N)c(C(=O)NC2CCN(C)CC2C)cn1. The third kappa shape index (κ3) is 3.23. The summed E-state index contributed by atoms with van der Waals surface area (Å²) in [7, 11) is 2.11. The molecular formula is C14H22N4O. The highest BCUT2D eigenvalue weighted by Gasteiger charge is 2.26. The van der Waals surface area contributed by atoms with Crippen LogP contribution in [0.25, 0.3) is 0 Å². The summed E-state index contributed by atoms with van der Waals surface area (Å²) in [5.74, 6) is 0.328. The van der Waals surface area contributed by atoms with Crippen LogP contribution in [0.3, 0.4) is 0 Å². The normalized spacial score (nSPS) is 24.2. The number of amides is 1. The van der Waals surface area contributed by atoms with Gasteiger partial charge in [-0.2, -0.15) is 0 Å². The van der Waals surface area contributed by atoms with Crippen LogP contribution in [0.4, 0.5) is 5.69 Å². The van der Waals surface area contributed by atoms with Crippen molar-refractivity contribution >= 4 is 11.6 Å². The molecule has 0 spiro atoms. The average molecular weight is 262 g/mol. The molecule has 0 aromatic carbocycles. The van der Waals surface area contributed by atoms with Gasteiger partial charge in [0.2, 0.25) is 0 Å². The van der Waals surface area contributed by atoms with Crippen molar-refractivity contribution in [2.75, 3.05) is 25.9 Å². The second-order valence-corrected chi connectivity index (χ2v) is 5.52. The molecule has 0 aliphatic carbocycles. The molecule has 1 amide bonds. The van der Waals surface area contributed by atoms with Crippen molar-refractivity contribution < 1.29 is 4.79 Å². The lowest BCUT2D eigenvalue weighted by Gasteiger charge is -2.35. The van der Waals surface area contributed by atoms with Gasteiger partial charge in [-0.25, -0.2) is 0 Å². The maximum atomic E-state index is 12.2. The van der Waals surface area contributed by atoms with Gasteiger partial charge in [0.05, 0.1) is 5.56 Å². The van der Waals surface area contributed by atoms with E-state index in [1.165, 1.54) is 0 Å². The zero-order valence-corrected chi connectivity index (χ0v) is 11.8. The highest BCUT2D eigenvalue weighted by Crippen LogP contribution is 2.17. The number of piperidine rings is 1. The van der Waals surface area contributed by atoms with Crippen molar-refractivity contribution in [3.05, 3.63) is 23.5 Å². The Morgan fingerprint density at radius 2 is 2.32 bits per heavy atom. The van der Waals surface area contributed by atoms with Crippen LogP contribution in [0.15, 0.2) is 12.3 Å². The Hall–Kier alpha value is -1.62. The van der Waals surface area contributed by atoms with E-state index in [-0.39, 0.29) is 11.9 Å². The number of pyridine rings is 1. The molecule has 1 fully saturated rings. The highest BCUT2D eigenvalue weighted by molar-refractivity contribution is 5.99. The number of aryl methyl sites for hydroxylation is 1. The number of carbonyl (C=O) groups excluding carboxylic acids is 1. The summed E-state index contributed by atoms with van der Waals surface area (Å²) in [6.07, 6.45) is 2.53. The largest absolute Gasteiger partial charge is 0.398 e. The van der Waals surface area contributed by atoms with Gasteiger partial charge in [-0.3, -0.25) is 9.78 Å². The van der Waals surface area contributed by atoms with Gasteiger partial charge in [-0.05, 0) is 38.9 Å². The number of nitrogens with zero attached hydrogens (tertiary/aromatic N) is 2. The van der Waals surface area contributed by atoms with E-state index in [0.717, 1.165) is 25.2 Å². The predicted molar refractivity (Wildman–Crippen MR) is 75.9 cm³/mol. The number of nitrogens with one attached hydrogen (secondary N) is 1. The molecule has 1 saturated heterocycles. The van der Waals surface area contributed by atoms with E-state index < -0.39 is 0 Å². The zero-order chi connectivity index (χ0) is 14.0. The van der Waals surface area contributed by atoms with Crippen LogP contribution in [0.1, 0.15) is 29.4 Å². The molecule has 0 saturated carbocycles. The fourth-order valence-electron chi connectivity index (χ4n) is 2.59. The molecule has 2 heterocycles. The molecule has 3 N–H and O–H groups in total. The average Bonchev–Trinajstić information content (AvgIpc) is 2.32. The van der Waals surface area contributed by atoms with Crippen molar-refractivity contribution in [2.45, 2.75) is 26.3 Å². The van der Waals surface area contributed by atoms with Gasteiger partial charge in [0.15, 0.2) is 0 Å². The van der Waals surface area contributed by atoms with Crippen molar-refractivity contribution in [3.63, 3.8) is 0 Å². The van der Waals surface area contributed by atoms with Gasteiger partial charge in [-0.15, -0.1) is 0 Å². The first-order valence-electron chi connectivity index (χ1n) is 6.69. The van der Waals surface area contributed by atoms with Gasteiger partial charge < -0.3 is 16.0 Å². The molecule has 0 radical (unpaired) electrons. The summed E-state index contributed by atoms with van der Waals surface area (Å²) in [4.78, 5) is 18.7. The Balaban J connectivity index is 2.04. The number of nitrogens with two attached hydrogens (primary N) is 1. The van der Waals surface area contributed by atoms with E-state index in [0.29, 0.717) is 17.2 Å². The Bertz CT molecular complexity index is 475. The number of rotatable bonds is 2. The fraction of sp³-hybridized carbons (Fsp3) is 0.571. The Kier molecular flexibility index (Phi) is 4.04. The molecule has 1 aliphatic heterocycles. The van der Waals surface area contributed by atoms with Gasteiger partial charge in [-0.1, -0.05) is 6.92 Å². The lowest BCUT2D eigenvalue weighted by atomic mass is 9.94. The van der Waals surface area contributed by atoms with Crippen LogP contribution in [-0.4, -0.2) is 42.0 Å². The standard InChI is InChI=1S/C14H22N4O/c1-9-8-18(3)5-4-13(9)17-14(19)11-7-16-10(2)6-12(11)15/h6-7,9,13H,4-5,8H2,1-3H3,(H2,15,16)(H,17,19). The van der Waals surface area contributed by atoms with Crippen LogP contribution in [0, 0.1) is 12.8 Å². The number of carbonyl (C=O) groups is 1. The molecule has 0 bridgehead atoms. The third-order valence-corrected chi connectivity index (χ3v) is 3.74. The Morgan fingerprint density at radius 3 is 2.95 bits per heavy atom. The monoisotopic (exact) mass is 262 g/mol. The smallest absolute Gasteiger partial charge is 0.255 e. The first-order valence-corrected chi connectivity index (χ1v) is 6.69. The lowest BCUT2D eigenvalue weighted by molar-refractivity contribution is 0.0884. The van der Waals surface area contributed by atoms with E-state index in [1.807, 2.05) is 6.92 Å². The van der Waals surface area contributed by atoms with Crippen molar-refractivity contribution in [1.29, 1.82) is 0 Å². The molecule has 104 valence electrons. The summed E-state index contributed by atoms with van der Waals surface area (Å²) in [6.45, 7) is 6.04. The number of likely N-dealkylation sites (tertiary alicyclic amines) is 1. The van der Waals surface area contributed by atoms with E-state index in [4.69, 9.17) is 5.73 Å². The number of hydrogen-bond donors (Lipinski definition) is 2. The molecule has 2 unspecified atom stereocenters. The quantitative estimate of drug-likeness (QED) is 0.835. The molecule has 5 nitrogen and oxygen atoms in total. The maximum Gasteiger partial charge on any atom is 0.255 e. The molecule has 1 aromatic heterocycles. The minimum Gasteiger partial charge on any atom is -0.398 e. The molecule has 19 heavy (non-hydrogen) atoms. The van der Waals surface area contributed by atoms with Crippen molar-refractivity contribution in [2.24, 2.45) is 5.92 Å². The van der Waals surface area contributed by atoms with Gasteiger partial charge >= 0.3 is 0 Å². The number of nitrogen functional groups attached to an aromatic ring is 1. The second-order valence-electron chi connectivity index (χ2n) is 5.52. The molecular weight excluding hydrogens is 240 g/mol. The third-order valence-electron chi connectivity index (χ3n) is 3.74. The van der Waals surface area contributed by atoms with E-state index >= 15 is 0 Å². The first kappa shape index (κ1) is 13.8. The minimum atomic E-state index is -0.119. The van der Waals surface area contributed by atoms with E-state index in [1.54, 1.807) is 12.3 Å². The summed E-state index contributed by atoms with van der Waals surface area (Å²) in [5, 5.41) is 3.08. The molecule has 2 atom stereocenters. The number of hydrogen-bond acceptors (Lipinski definition) is 4. The Labute approximate surface area is 114 Å². The van der Waals surface area contributed by atoms with Crippen LogP contribution in [-0.2, 0) is 0 Å². The van der Waals surface area contributed by atoms with Crippen LogP contribution >= 0.6 is 0 Å². The Morgan fingerprint density at radius 1 is 1.58 bits per heavy atom. The van der Waals surface area contributed by atoms with E-state index in [9.17, 15) is 4.79 Å². The summed E-state index contributed by atoms with van der Waals surface area (Å²) >= 11 is 0. The number of aromatic nitrogens is 1. The predicted octanol–water partition coefficient (Wildman–Crippen LogP) is 1.04. The highest BCUT2D eigenvalue weighted by atomic mass is 16.1. The molecule has 2 rings (SSSR count). The van der Waals surface area contributed by atoms with Crippen LogP contribution in [0.2, 0.25) is 0 Å². The van der Waals surface area contributed by atoms with Crippen molar-refractivity contribution in [3.8, 4) is 0 Å². The number of anilines is 1. The van der Waals surface area contributed by atoms with Gasteiger partial charge in [0.1, 0.15) is 0 Å². The van der Waals surface area contributed by atoms with Crippen LogP contribution < -0.4 is 11.1 Å². The summed E-state index contributed by atoms with van der Waals surface area (Å²) in [6, 6.07) is 1.94. The lowest BCUT2D eigenvalue weighted by Crippen LogP contribution is -2.49. The minimum absolute atomic E-state index is 0.119. The first-order chi connectivity index (χ1) is 8.97. The molecule has 1 aromatic rings. The van der Waals surface area contributed by atoms with Crippen LogP contribution in [0.5, 0.6) is 0 Å². The molecule has 5 heteroatoms. The van der Waals surface area contributed by atoms with E-state index in [2.05, 4.69) is 29.2 Å². The summed E-state index contributed by atoms with van der Waals surface area (Å²) in [5.41, 5.74) is 7.66. The fourth-order valence-corrected chi connectivity index (χ4v) is 2.59.